The Labute approximate surface area is 151 Å². The molecule has 0 heterocycles. The Morgan fingerprint density at radius 1 is 1.20 bits per heavy atom. The van der Waals surface area contributed by atoms with Crippen LogP contribution in [0.5, 0.6) is 0 Å². The van der Waals surface area contributed by atoms with Gasteiger partial charge in [0.15, 0.2) is 0 Å². The standard InChI is InChI=1S/C18H34F3NO2S/c1-5-6-12-17(4)15(3)10-11-16(17)14(2)9-7-8-13-22-25(23,24)18(19,20)21/h14-16,22H,5-13H2,1-4H3/t14-,15?,16-,17+/m1/s1. The molecule has 4 atom stereocenters. The Hall–Kier alpha value is -0.300. The van der Waals surface area contributed by atoms with Crippen LogP contribution in [0.2, 0.25) is 0 Å². The van der Waals surface area contributed by atoms with E-state index in [4.69, 9.17) is 0 Å². The molecule has 0 amide bonds. The number of unbranched alkanes of at least 4 members (excludes halogenated alkanes) is 2. The molecule has 1 aliphatic carbocycles. The molecule has 0 bridgehead atoms. The van der Waals surface area contributed by atoms with E-state index in [1.165, 1.54) is 32.1 Å². The monoisotopic (exact) mass is 385 g/mol. The van der Waals surface area contributed by atoms with Crippen LogP contribution in [0.1, 0.15) is 79.1 Å². The number of hydrogen-bond acceptors (Lipinski definition) is 2. The van der Waals surface area contributed by atoms with Gasteiger partial charge in [0.1, 0.15) is 0 Å². The molecule has 3 nitrogen and oxygen atoms in total. The molecule has 1 saturated carbocycles. The molecule has 1 aliphatic rings. The molecular weight excluding hydrogens is 351 g/mol. The molecule has 7 heteroatoms. The fourth-order valence-corrected chi connectivity index (χ4v) is 5.04. The van der Waals surface area contributed by atoms with Gasteiger partial charge < -0.3 is 0 Å². The molecule has 0 spiro atoms. The predicted octanol–water partition coefficient (Wildman–Crippen LogP) is 5.47. The molecule has 0 aromatic rings. The van der Waals surface area contributed by atoms with E-state index in [-0.39, 0.29) is 6.54 Å². The van der Waals surface area contributed by atoms with Gasteiger partial charge in [-0.05, 0) is 48.9 Å². The molecular formula is C18H34F3NO2S. The minimum atomic E-state index is -5.22. The van der Waals surface area contributed by atoms with Gasteiger partial charge in [-0.3, -0.25) is 0 Å². The lowest BCUT2D eigenvalue weighted by Gasteiger charge is -2.39. The minimum Gasteiger partial charge on any atom is -0.207 e. The summed E-state index contributed by atoms with van der Waals surface area (Å²) in [5.41, 5.74) is -4.87. The molecule has 0 aromatic heterocycles. The lowest BCUT2D eigenvalue weighted by atomic mass is 9.66. The largest absolute Gasteiger partial charge is 0.511 e. The highest BCUT2D eigenvalue weighted by atomic mass is 32.2. The quantitative estimate of drug-likeness (QED) is 0.507. The molecule has 0 aliphatic heterocycles. The third-order valence-corrected chi connectivity index (χ3v) is 7.52. The van der Waals surface area contributed by atoms with Crippen LogP contribution in [0, 0.1) is 23.2 Å². The first-order valence-corrected chi connectivity index (χ1v) is 11.0. The second kappa shape index (κ2) is 9.07. The van der Waals surface area contributed by atoms with E-state index >= 15 is 0 Å². The van der Waals surface area contributed by atoms with E-state index in [1.54, 1.807) is 4.72 Å². The Morgan fingerprint density at radius 3 is 2.40 bits per heavy atom. The molecule has 1 rings (SSSR count). The maximum absolute atomic E-state index is 12.2. The first kappa shape index (κ1) is 22.7. The SMILES string of the molecule is CCCC[C@@]1(C)C(C)CC[C@@H]1[C@H](C)CCCCNS(=O)(=O)C(F)(F)F. The fourth-order valence-electron chi connectivity index (χ4n) is 4.46. The lowest BCUT2D eigenvalue weighted by molar-refractivity contribution is -0.0447. The van der Waals surface area contributed by atoms with E-state index in [2.05, 4.69) is 27.7 Å². The van der Waals surface area contributed by atoms with E-state index in [0.717, 1.165) is 12.8 Å². The van der Waals surface area contributed by atoms with Gasteiger partial charge in [0.25, 0.3) is 0 Å². The average Bonchev–Trinajstić information content (AvgIpc) is 2.79. The average molecular weight is 386 g/mol. The van der Waals surface area contributed by atoms with Crippen LogP contribution in [-0.2, 0) is 10.0 Å². The molecule has 1 N–H and O–H groups in total. The smallest absolute Gasteiger partial charge is 0.207 e. The van der Waals surface area contributed by atoms with Gasteiger partial charge in [-0.2, -0.15) is 13.2 Å². The van der Waals surface area contributed by atoms with Crippen molar-refractivity contribution in [1.82, 2.24) is 4.72 Å². The van der Waals surface area contributed by atoms with Crippen LogP contribution in [0.25, 0.3) is 0 Å². The van der Waals surface area contributed by atoms with Gasteiger partial charge >= 0.3 is 15.5 Å². The molecule has 25 heavy (non-hydrogen) atoms. The van der Waals surface area contributed by atoms with Crippen LogP contribution >= 0.6 is 0 Å². The topological polar surface area (TPSA) is 46.2 Å². The summed E-state index contributed by atoms with van der Waals surface area (Å²) in [6.45, 7) is 9.05. The summed E-state index contributed by atoms with van der Waals surface area (Å²) in [5, 5.41) is 0. The normalized spacial score (nSPS) is 29.1. The van der Waals surface area contributed by atoms with Crippen LogP contribution < -0.4 is 4.72 Å². The first-order chi connectivity index (χ1) is 11.5. The third kappa shape index (κ3) is 5.84. The number of halogens is 3. The fraction of sp³-hybridized carbons (Fsp3) is 1.00. The molecule has 1 fully saturated rings. The number of sulfonamides is 1. The zero-order valence-corrected chi connectivity index (χ0v) is 16.8. The number of rotatable bonds is 10. The molecule has 0 aromatic carbocycles. The molecule has 0 radical (unpaired) electrons. The molecule has 150 valence electrons. The lowest BCUT2D eigenvalue weighted by Crippen LogP contribution is -2.37. The van der Waals surface area contributed by atoms with Crippen molar-refractivity contribution in [3.8, 4) is 0 Å². The van der Waals surface area contributed by atoms with Crippen LogP contribution in [0.4, 0.5) is 13.2 Å². The van der Waals surface area contributed by atoms with Crippen LogP contribution in [0.15, 0.2) is 0 Å². The minimum absolute atomic E-state index is 0.150. The number of hydrogen-bond donors (Lipinski definition) is 1. The highest BCUT2D eigenvalue weighted by molar-refractivity contribution is 7.90. The van der Waals surface area contributed by atoms with Crippen molar-refractivity contribution in [2.24, 2.45) is 23.2 Å². The summed E-state index contributed by atoms with van der Waals surface area (Å²) in [6.07, 6.45) is 8.28. The first-order valence-electron chi connectivity index (χ1n) is 9.51. The van der Waals surface area contributed by atoms with Gasteiger partial charge in [0, 0.05) is 6.54 Å². The van der Waals surface area contributed by atoms with Crippen LogP contribution in [0.3, 0.4) is 0 Å². The van der Waals surface area contributed by atoms with Crippen molar-refractivity contribution >= 4 is 10.0 Å². The highest BCUT2D eigenvalue weighted by Gasteiger charge is 2.46. The summed E-state index contributed by atoms with van der Waals surface area (Å²) in [6, 6.07) is 0. The zero-order chi connectivity index (χ0) is 19.3. The van der Waals surface area contributed by atoms with E-state index in [1.807, 2.05) is 0 Å². The van der Waals surface area contributed by atoms with Crippen molar-refractivity contribution < 1.29 is 21.6 Å². The van der Waals surface area contributed by atoms with E-state index in [9.17, 15) is 21.6 Å². The number of alkyl halides is 3. The zero-order valence-electron chi connectivity index (χ0n) is 16.0. The van der Waals surface area contributed by atoms with Crippen molar-refractivity contribution in [1.29, 1.82) is 0 Å². The van der Waals surface area contributed by atoms with Gasteiger partial charge in [-0.1, -0.05) is 53.4 Å². The van der Waals surface area contributed by atoms with Crippen molar-refractivity contribution in [3.05, 3.63) is 0 Å². The van der Waals surface area contributed by atoms with Gasteiger partial charge in [-0.25, -0.2) is 13.1 Å². The van der Waals surface area contributed by atoms with Crippen molar-refractivity contribution in [2.75, 3.05) is 6.54 Å². The Kier molecular flexibility index (Phi) is 8.25. The molecule has 0 saturated heterocycles. The predicted molar refractivity (Wildman–Crippen MR) is 95.5 cm³/mol. The van der Waals surface area contributed by atoms with Crippen LogP contribution in [-0.4, -0.2) is 20.5 Å². The molecule has 1 unspecified atom stereocenters. The second-order valence-electron chi connectivity index (χ2n) is 8.01. The van der Waals surface area contributed by atoms with E-state index in [0.29, 0.717) is 29.6 Å². The summed E-state index contributed by atoms with van der Waals surface area (Å²) in [5.74, 6) is 1.89. The highest BCUT2D eigenvalue weighted by Crippen LogP contribution is 2.54. The van der Waals surface area contributed by atoms with Gasteiger partial charge in [0.05, 0.1) is 0 Å². The van der Waals surface area contributed by atoms with E-state index < -0.39 is 15.5 Å². The Bertz CT molecular complexity index is 507. The van der Waals surface area contributed by atoms with Crippen molar-refractivity contribution in [2.45, 2.75) is 84.6 Å². The van der Waals surface area contributed by atoms with Gasteiger partial charge in [-0.15, -0.1) is 0 Å². The van der Waals surface area contributed by atoms with Gasteiger partial charge in [0.2, 0.25) is 0 Å². The Balaban J connectivity index is 2.42. The second-order valence-corrected chi connectivity index (χ2v) is 9.77. The van der Waals surface area contributed by atoms with Crippen molar-refractivity contribution in [3.63, 3.8) is 0 Å². The number of nitrogens with one attached hydrogen (secondary N) is 1. The summed E-state index contributed by atoms with van der Waals surface area (Å²) < 4.78 is 60.3. The summed E-state index contributed by atoms with van der Waals surface area (Å²) >= 11 is 0. The summed E-state index contributed by atoms with van der Waals surface area (Å²) in [4.78, 5) is 0. The Morgan fingerprint density at radius 2 is 1.84 bits per heavy atom. The third-order valence-electron chi connectivity index (χ3n) is 6.32. The maximum atomic E-state index is 12.2. The maximum Gasteiger partial charge on any atom is 0.511 e. The summed E-state index contributed by atoms with van der Waals surface area (Å²) in [7, 11) is -5.20.